The van der Waals surface area contributed by atoms with Crippen LogP contribution in [0.3, 0.4) is 0 Å². The van der Waals surface area contributed by atoms with Gasteiger partial charge in [0.2, 0.25) is 5.91 Å². The summed E-state index contributed by atoms with van der Waals surface area (Å²) in [4.78, 5) is 14.8. The maximum absolute atomic E-state index is 12.7. The highest BCUT2D eigenvalue weighted by atomic mass is 32.1. The zero-order valence-corrected chi connectivity index (χ0v) is 17.4. The van der Waals surface area contributed by atoms with Crippen molar-refractivity contribution in [3.8, 4) is 11.4 Å². The number of benzene rings is 1. The van der Waals surface area contributed by atoms with Gasteiger partial charge in [-0.05, 0) is 66.4 Å². The van der Waals surface area contributed by atoms with E-state index < -0.39 is 0 Å². The number of ether oxygens (including phenoxy) is 1. The normalized spacial score (nSPS) is 16.8. The summed E-state index contributed by atoms with van der Waals surface area (Å²) in [5.74, 6) is 1.11. The van der Waals surface area contributed by atoms with Crippen LogP contribution in [0.25, 0.3) is 5.69 Å². The first kappa shape index (κ1) is 18.3. The number of hydrogen-bond acceptors (Lipinski definition) is 4. The molecule has 1 fully saturated rings. The Kier molecular flexibility index (Phi) is 4.59. The smallest absolute Gasteiger partial charge is 0.227 e. The second-order valence-electron chi connectivity index (χ2n) is 7.77. The molecule has 6 heteroatoms. The van der Waals surface area contributed by atoms with Crippen molar-refractivity contribution in [2.45, 2.75) is 31.7 Å². The summed E-state index contributed by atoms with van der Waals surface area (Å²) >= 11 is 1.64. The molecule has 1 spiro atoms. The Morgan fingerprint density at radius 1 is 1.24 bits per heavy atom. The third-order valence-electron chi connectivity index (χ3n) is 6.06. The zero-order chi connectivity index (χ0) is 19.8. The van der Waals surface area contributed by atoms with Gasteiger partial charge >= 0.3 is 0 Å². The molecule has 2 aliphatic rings. The highest BCUT2D eigenvalue weighted by Gasteiger charge is 2.42. The predicted octanol–water partition coefficient (Wildman–Crippen LogP) is 4.42. The highest BCUT2D eigenvalue weighted by Crippen LogP contribution is 2.44. The van der Waals surface area contributed by atoms with Crippen LogP contribution in [-0.4, -0.2) is 35.1 Å². The van der Waals surface area contributed by atoms with Crippen LogP contribution < -0.4 is 10.1 Å². The van der Waals surface area contributed by atoms with E-state index in [9.17, 15) is 4.79 Å². The van der Waals surface area contributed by atoms with Gasteiger partial charge in [0.1, 0.15) is 5.75 Å². The average molecular weight is 408 g/mol. The molecule has 4 heterocycles. The van der Waals surface area contributed by atoms with Gasteiger partial charge in [0.15, 0.2) is 0 Å². The Labute approximate surface area is 174 Å². The van der Waals surface area contributed by atoms with Crippen LogP contribution in [0.1, 0.15) is 31.0 Å². The standard InChI is InChI=1S/C23H25N3O2S/c1-2-28-18-5-6-20-19(15-18)24-23(21-4-3-10-26(20)21)8-11-25(12-9-23)22(27)14-17-7-13-29-16-17/h3-7,10,13,15-16,24H,2,8-9,11-12,14H2,1H3. The minimum Gasteiger partial charge on any atom is -0.494 e. The molecule has 3 aromatic rings. The van der Waals surface area contributed by atoms with Gasteiger partial charge in [-0.25, -0.2) is 0 Å². The number of rotatable bonds is 4. The number of fused-ring (bicyclic) bond motifs is 4. The van der Waals surface area contributed by atoms with Crippen LogP contribution >= 0.6 is 11.3 Å². The number of carbonyl (C=O) groups is 1. The summed E-state index contributed by atoms with van der Waals surface area (Å²) in [6, 6.07) is 12.6. The molecule has 0 bridgehead atoms. The molecular weight excluding hydrogens is 382 g/mol. The number of amides is 1. The van der Waals surface area contributed by atoms with E-state index in [2.05, 4.69) is 45.7 Å². The number of aromatic nitrogens is 1. The van der Waals surface area contributed by atoms with Gasteiger partial charge in [-0.3, -0.25) is 4.79 Å². The van der Waals surface area contributed by atoms with Crippen molar-refractivity contribution in [1.82, 2.24) is 9.47 Å². The van der Waals surface area contributed by atoms with Gasteiger partial charge in [-0.15, -0.1) is 0 Å². The molecule has 1 aromatic carbocycles. The third-order valence-corrected chi connectivity index (χ3v) is 6.79. The van der Waals surface area contributed by atoms with Crippen LogP contribution in [-0.2, 0) is 16.8 Å². The number of hydrogen-bond donors (Lipinski definition) is 1. The fraction of sp³-hybridized carbons (Fsp3) is 0.348. The van der Waals surface area contributed by atoms with Gasteiger partial charge < -0.3 is 19.5 Å². The summed E-state index contributed by atoms with van der Waals surface area (Å²) < 4.78 is 8.00. The molecule has 1 saturated heterocycles. The van der Waals surface area contributed by atoms with Crippen molar-refractivity contribution in [3.05, 3.63) is 64.6 Å². The van der Waals surface area contributed by atoms with E-state index in [1.54, 1.807) is 11.3 Å². The molecule has 29 heavy (non-hydrogen) atoms. The van der Waals surface area contributed by atoms with Crippen LogP contribution in [0, 0.1) is 0 Å². The van der Waals surface area contributed by atoms with Crippen molar-refractivity contribution in [2.75, 3.05) is 25.0 Å². The quantitative estimate of drug-likeness (QED) is 0.696. The molecule has 0 saturated carbocycles. The fourth-order valence-corrected chi connectivity index (χ4v) is 5.25. The topological polar surface area (TPSA) is 46.5 Å². The first-order chi connectivity index (χ1) is 14.2. The number of nitrogens with zero attached hydrogens (tertiary/aromatic N) is 2. The van der Waals surface area contributed by atoms with Crippen molar-refractivity contribution < 1.29 is 9.53 Å². The second kappa shape index (κ2) is 7.26. The number of anilines is 1. The van der Waals surface area contributed by atoms with E-state index >= 15 is 0 Å². The molecule has 0 atom stereocenters. The molecule has 0 unspecified atom stereocenters. The monoisotopic (exact) mass is 407 g/mol. The lowest BCUT2D eigenvalue weighted by Crippen LogP contribution is -2.51. The summed E-state index contributed by atoms with van der Waals surface area (Å²) in [5.41, 5.74) is 4.48. The van der Waals surface area contributed by atoms with E-state index in [-0.39, 0.29) is 11.4 Å². The highest BCUT2D eigenvalue weighted by molar-refractivity contribution is 7.08. The van der Waals surface area contributed by atoms with Gasteiger partial charge in [0.05, 0.1) is 29.9 Å². The predicted molar refractivity (Wildman–Crippen MR) is 116 cm³/mol. The Bertz CT molecular complexity index is 1020. The Morgan fingerprint density at radius 3 is 2.86 bits per heavy atom. The molecular formula is C23H25N3O2S. The van der Waals surface area contributed by atoms with Crippen LogP contribution in [0.15, 0.2) is 53.4 Å². The number of thiophene rings is 1. The molecule has 5 nitrogen and oxygen atoms in total. The van der Waals surface area contributed by atoms with Crippen LogP contribution in [0.4, 0.5) is 5.69 Å². The summed E-state index contributed by atoms with van der Waals surface area (Å²) in [6.07, 6.45) is 4.42. The largest absolute Gasteiger partial charge is 0.494 e. The van der Waals surface area contributed by atoms with E-state index in [4.69, 9.17) is 4.74 Å². The van der Waals surface area contributed by atoms with E-state index in [1.165, 1.54) is 5.69 Å². The minimum absolute atomic E-state index is 0.152. The Balaban J connectivity index is 1.38. The third kappa shape index (κ3) is 3.21. The Morgan fingerprint density at radius 2 is 2.10 bits per heavy atom. The molecule has 1 N–H and O–H groups in total. The molecule has 0 aliphatic carbocycles. The minimum atomic E-state index is -0.152. The number of nitrogens with one attached hydrogen (secondary N) is 1. The lowest BCUT2D eigenvalue weighted by Gasteiger charge is -2.46. The van der Waals surface area contributed by atoms with Crippen molar-refractivity contribution in [2.24, 2.45) is 0 Å². The van der Waals surface area contributed by atoms with Crippen molar-refractivity contribution >= 4 is 22.9 Å². The summed E-state index contributed by atoms with van der Waals surface area (Å²) in [5, 5.41) is 7.91. The van der Waals surface area contributed by atoms with Gasteiger partial charge in [-0.1, -0.05) is 0 Å². The number of carbonyl (C=O) groups excluding carboxylic acids is 1. The average Bonchev–Trinajstić information content (AvgIpc) is 3.41. The molecule has 2 aliphatic heterocycles. The fourth-order valence-electron chi connectivity index (χ4n) is 4.58. The van der Waals surface area contributed by atoms with E-state index in [1.807, 2.05) is 29.3 Å². The zero-order valence-electron chi connectivity index (χ0n) is 16.6. The summed E-state index contributed by atoms with van der Waals surface area (Å²) in [6.45, 7) is 4.18. The lowest BCUT2D eigenvalue weighted by atomic mass is 9.82. The van der Waals surface area contributed by atoms with Gasteiger partial charge in [0, 0.05) is 31.0 Å². The molecule has 5 rings (SSSR count). The molecule has 1 amide bonds. The second-order valence-corrected chi connectivity index (χ2v) is 8.55. The first-order valence-corrected chi connectivity index (χ1v) is 11.1. The van der Waals surface area contributed by atoms with Gasteiger partial charge in [-0.2, -0.15) is 11.3 Å². The molecule has 2 aromatic heterocycles. The Hall–Kier alpha value is -2.73. The maximum atomic E-state index is 12.7. The lowest BCUT2D eigenvalue weighted by molar-refractivity contribution is -0.132. The van der Waals surface area contributed by atoms with E-state index in [0.717, 1.165) is 48.6 Å². The molecule has 150 valence electrons. The maximum Gasteiger partial charge on any atom is 0.227 e. The van der Waals surface area contributed by atoms with Crippen LogP contribution in [0.5, 0.6) is 5.75 Å². The van der Waals surface area contributed by atoms with Crippen LogP contribution in [0.2, 0.25) is 0 Å². The van der Waals surface area contributed by atoms with E-state index in [0.29, 0.717) is 13.0 Å². The van der Waals surface area contributed by atoms with Gasteiger partial charge in [0.25, 0.3) is 0 Å². The van der Waals surface area contributed by atoms with Crippen molar-refractivity contribution in [3.63, 3.8) is 0 Å². The molecule has 0 radical (unpaired) electrons. The first-order valence-electron chi connectivity index (χ1n) is 10.2. The van der Waals surface area contributed by atoms with Crippen molar-refractivity contribution in [1.29, 1.82) is 0 Å². The SMILES string of the molecule is CCOc1ccc2c(c1)NC1(CCN(C(=O)Cc3ccsc3)CC1)c1cccn1-2. The summed E-state index contributed by atoms with van der Waals surface area (Å²) in [7, 11) is 0. The number of likely N-dealkylation sites (tertiary alicyclic amines) is 1. The number of piperidine rings is 1.